The average Bonchev–Trinajstić information content (AvgIpc) is 3.37. The Balaban J connectivity index is 1.32. The minimum Gasteiger partial charge on any atom is -0.481 e. The number of nitrogens with one attached hydrogen (secondary N) is 1. The summed E-state index contributed by atoms with van der Waals surface area (Å²) in [5, 5.41) is 11.9. The lowest BCUT2D eigenvalue weighted by Crippen LogP contribution is -2.34. The Kier molecular flexibility index (Phi) is 7.42. The summed E-state index contributed by atoms with van der Waals surface area (Å²) in [6, 6.07) is 25.2. The van der Waals surface area contributed by atoms with Crippen LogP contribution >= 0.6 is 11.8 Å². The number of rotatable bonds is 7. The SMILES string of the molecule is O=C(Nc1ccc(S[C@@H](C(=O)N2CCc3ccccc32)c2ccccc2)cc1)[C@H]1CC=CC[C@H]1C(=O)O. The number of anilines is 2. The van der Waals surface area contributed by atoms with E-state index in [1.807, 2.05) is 77.7 Å². The predicted molar refractivity (Wildman–Crippen MR) is 146 cm³/mol. The number of thioether (sulfide) groups is 1. The second-order valence-electron chi connectivity index (χ2n) is 9.28. The average molecular weight is 513 g/mol. The number of allylic oxidation sites excluding steroid dienone is 2. The molecule has 0 aromatic heterocycles. The van der Waals surface area contributed by atoms with Crippen LogP contribution in [0.1, 0.15) is 29.2 Å². The second kappa shape index (κ2) is 11.0. The van der Waals surface area contributed by atoms with Crippen molar-refractivity contribution < 1.29 is 19.5 Å². The summed E-state index contributed by atoms with van der Waals surface area (Å²) in [5.41, 5.74) is 3.70. The molecule has 7 heteroatoms. The highest BCUT2D eigenvalue weighted by atomic mass is 32.2. The van der Waals surface area contributed by atoms with Crippen LogP contribution in [0, 0.1) is 11.8 Å². The number of hydrogen-bond acceptors (Lipinski definition) is 4. The van der Waals surface area contributed by atoms with Gasteiger partial charge in [-0.2, -0.15) is 0 Å². The second-order valence-corrected chi connectivity index (χ2v) is 10.5. The molecule has 0 saturated heterocycles. The molecular weight excluding hydrogens is 484 g/mol. The van der Waals surface area contributed by atoms with Crippen LogP contribution in [0.5, 0.6) is 0 Å². The largest absolute Gasteiger partial charge is 0.481 e. The highest BCUT2D eigenvalue weighted by Crippen LogP contribution is 2.40. The molecule has 0 radical (unpaired) electrons. The minimum atomic E-state index is -0.950. The molecule has 3 aromatic carbocycles. The molecule has 0 saturated carbocycles. The van der Waals surface area contributed by atoms with Crippen molar-refractivity contribution in [2.24, 2.45) is 11.8 Å². The Morgan fingerprint density at radius 1 is 0.865 bits per heavy atom. The van der Waals surface area contributed by atoms with Crippen LogP contribution in [-0.2, 0) is 20.8 Å². The van der Waals surface area contributed by atoms with E-state index in [4.69, 9.17) is 0 Å². The molecule has 5 rings (SSSR count). The Labute approximate surface area is 220 Å². The zero-order valence-corrected chi connectivity index (χ0v) is 21.1. The molecule has 37 heavy (non-hydrogen) atoms. The number of para-hydroxylation sites is 1. The number of nitrogens with zero attached hydrogens (tertiary/aromatic N) is 1. The fourth-order valence-corrected chi connectivity index (χ4v) is 6.05. The van der Waals surface area contributed by atoms with Gasteiger partial charge in [0.1, 0.15) is 5.25 Å². The molecule has 188 valence electrons. The fourth-order valence-electron chi connectivity index (χ4n) is 4.96. The third kappa shape index (κ3) is 5.47. The number of amides is 2. The van der Waals surface area contributed by atoms with Crippen LogP contribution in [0.4, 0.5) is 11.4 Å². The van der Waals surface area contributed by atoms with E-state index < -0.39 is 23.1 Å². The Hall–Kier alpha value is -3.84. The third-order valence-electron chi connectivity index (χ3n) is 6.94. The van der Waals surface area contributed by atoms with Crippen molar-refractivity contribution in [3.05, 3.63) is 102 Å². The molecule has 3 aromatic rings. The number of carboxylic acid groups (broad SMARTS) is 1. The topological polar surface area (TPSA) is 86.7 Å². The summed E-state index contributed by atoms with van der Waals surface area (Å²) in [6.07, 6.45) is 5.31. The van der Waals surface area contributed by atoms with Gasteiger partial charge in [-0.15, -0.1) is 11.8 Å². The molecule has 6 nitrogen and oxygen atoms in total. The molecule has 2 aliphatic rings. The molecule has 0 fully saturated rings. The predicted octanol–water partition coefficient (Wildman–Crippen LogP) is 5.71. The van der Waals surface area contributed by atoms with E-state index in [9.17, 15) is 19.5 Å². The number of benzene rings is 3. The van der Waals surface area contributed by atoms with Gasteiger partial charge in [-0.05, 0) is 60.7 Å². The van der Waals surface area contributed by atoms with Crippen LogP contribution in [0.2, 0.25) is 0 Å². The smallest absolute Gasteiger partial charge is 0.307 e. The van der Waals surface area contributed by atoms with Gasteiger partial charge >= 0.3 is 5.97 Å². The van der Waals surface area contributed by atoms with Gasteiger partial charge in [0.15, 0.2) is 0 Å². The Bertz CT molecular complexity index is 1320. The molecule has 0 bridgehead atoms. The molecule has 1 aliphatic carbocycles. The van der Waals surface area contributed by atoms with Crippen molar-refractivity contribution >= 4 is 40.9 Å². The summed E-state index contributed by atoms with van der Waals surface area (Å²) < 4.78 is 0. The first-order chi connectivity index (χ1) is 18.0. The Morgan fingerprint density at radius 3 is 2.27 bits per heavy atom. The number of aliphatic carboxylic acids is 1. The van der Waals surface area contributed by atoms with E-state index in [-0.39, 0.29) is 11.8 Å². The van der Waals surface area contributed by atoms with E-state index in [0.29, 0.717) is 25.1 Å². The van der Waals surface area contributed by atoms with E-state index in [0.717, 1.165) is 22.6 Å². The van der Waals surface area contributed by atoms with Crippen molar-refractivity contribution in [3.63, 3.8) is 0 Å². The molecule has 3 atom stereocenters. The number of carbonyl (C=O) groups excluding carboxylic acids is 2. The van der Waals surface area contributed by atoms with Gasteiger partial charge in [0.25, 0.3) is 0 Å². The molecular formula is C30H28N2O4S. The maximum atomic E-state index is 13.8. The van der Waals surface area contributed by atoms with E-state index in [2.05, 4.69) is 11.4 Å². The molecule has 2 amide bonds. The first kappa shape index (κ1) is 24.8. The van der Waals surface area contributed by atoms with Crippen LogP contribution in [-0.4, -0.2) is 29.4 Å². The summed E-state index contributed by atoms with van der Waals surface area (Å²) in [4.78, 5) is 40.9. The number of carboxylic acids is 1. The zero-order valence-electron chi connectivity index (χ0n) is 20.2. The van der Waals surface area contributed by atoms with Gasteiger partial charge in [0.05, 0.1) is 11.8 Å². The summed E-state index contributed by atoms with van der Waals surface area (Å²) in [5.74, 6) is -2.51. The quantitative estimate of drug-likeness (QED) is 0.313. The van der Waals surface area contributed by atoms with Gasteiger partial charge in [0, 0.05) is 22.8 Å². The highest BCUT2D eigenvalue weighted by molar-refractivity contribution is 8.00. The standard InChI is InChI=1S/C30H28N2O4S/c33-28(24-11-5-6-12-25(24)30(35)36)31-22-14-16-23(17-15-22)37-27(21-9-2-1-3-10-21)29(34)32-19-18-20-8-4-7-13-26(20)32/h1-10,13-17,24-25,27H,11-12,18-19H2,(H,31,33)(H,35,36)/t24-,25+,27+/m0/s1. The van der Waals surface area contributed by atoms with Crippen LogP contribution in [0.3, 0.4) is 0 Å². The first-order valence-electron chi connectivity index (χ1n) is 12.4. The first-order valence-corrected chi connectivity index (χ1v) is 13.3. The van der Waals surface area contributed by atoms with Crippen molar-refractivity contribution in [3.8, 4) is 0 Å². The summed E-state index contributed by atoms with van der Waals surface area (Å²) >= 11 is 1.48. The molecule has 1 aliphatic heterocycles. The molecule has 0 unspecified atom stereocenters. The number of hydrogen-bond donors (Lipinski definition) is 2. The van der Waals surface area contributed by atoms with Crippen LogP contribution in [0.25, 0.3) is 0 Å². The van der Waals surface area contributed by atoms with Crippen molar-refractivity contribution in [2.45, 2.75) is 29.4 Å². The summed E-state index contributed by atoms with van der Waals surface area (Å²) in [7, 11) is 0. The van der Waals surface area contributed by atoms with Crippen molar-refractivity contribution in [1.82, 2.24) is 0 Å². The lowest BCUT2D eigenvalue weighted by Gasteiger charge is -2.25. The van der Waals surface area contributed by atoms with Crippen LogP contribution < -0.4 is 10.2 Å². The monoisotopic (exact) mass is 512 g/mol. The highest BCUT2D eigenvalue weighted by Gasteiger charge is 2.34. The third-order valence-corrected chi connectivity index (χ3v) is 8.20. The summed E-state index contributed by atoms with van der Waals surface area (Å²) in [6.45, 7) is 0.667. The van der Waals surface area contributed by atoms with Crippen LogP contribution in [0.15, 0.2) is 95.9 Å². The molecule has 2 N–H and O–H groups in total. The van der Waals surface area contributed by atoms with Gasteiger partial charge in [-0.1, -0.05) is 60.7 Å². The molecule has 1 heterocycles. The van der Waals surface area contributed by atoms with Gasteiger partial charge < -0.3 is 15.3 Å². The van der Waals surface area contributed by atoms with E-state index in [1.165, 1.54) is 17.3 Å². The maximum Gasteiger partial charge on any atom is 0.307 e. The fraction of sp³-hybridized carbons (Fsp3) is 0.233. The lowest BCUT2D eigenvalue weighted by atomic mass is 9.82. The normalized spacial score (nSPS) is 19.2. The molecule has 0 spiro atoms. The maximum absolute atomic E-state index is 13.8. The van der Waals surface area contributed by atoms with Gasteiger partial charge in [0.2, 0.25) is 11.8 Å². The van der Waals surface area contributed by atoms with Gasteiger partial charge in [-0.25, -0.2) is 0 Å². The Morgan fingerprint density at radius 2 is 1.54 bits per heavy atom. The van der Waals surface area contributed by atoms with Gasteiger partial charge in [-0.3, -0.25) is 14.4 Å². The number of carbonyl (C=O) groups is 3. The van der Waals surface area contributed by atoms with Crippen molar-refractivity contribution in [2.75, 3.05) is 16.8 Å². The zero-order chi connectivity index (χ0) is 25.8. The van der Waals surface area contributed by atoms with E-state index >= 15 is 0 Å². The lowest BCUT2D eigenvalue weighted by molar-refractivity contribution is -0.146. The van der Waals surface area contributed by atoms with Crippen molar-refractivity contribution in [1.29, 1.82) is 0 Å². The minimum absolute atomic E-state index is 0.0450. The number of fused-ring (bicyclic) bond motifs is 1. The van der Waals surface area contributed by atoms with E-state index in [1.54, 1.807) is 12.1 Å².